The zero-order chi connectivity index (χ0) is 14.5. The second kappa shape index (κ2) is 6.95. The zero-order valence-electron chi connectivity index (χ0n) is 12.3. The van der Waals surface area contributed by atoms with Gasteiger partial charge in [-0.15, -0.1) is 0 Å². The van der Waals surface area contributed by atoms with Crippen molar-refractivity contribution in [3.63, 3.8) is 0 Å². The minimum atomic E-state index is -0.295. The van der Waals surface area contributed by atoms with Crippen LogP contribution in [0.4, 0.5) is 10.2 Å². The highest BCUT2D eigenvalue weighted by molar-refractivity contribution is 5.40. The lowest BCUT2D eigenvalue weighted by Gasteiger charge is -2.24. The predicted octanol–water partition coefficient (Wildman–Crippen LogP) is 1.03. The largest absolute Gasteiger partial charge is 0.353 e. The third-order valence-corrected chi connectivity index (χ3v) is 3.81. The minimum Gasteiger partial charge on any atom is -0.353 e. The van der Waals surface area contributed by atoms with Gasteiger partial charge in [0.2, 0.25) is 0 Å². The lowest BCUT2D eigenvalue weighted by molar-refractivity contribution is 0.255. The maximum Gasteiger partial charge on any atom is 0.186 e. The number of nitrogens with two attached hydrogens (primary N) is 1. The molecular formula is C14H24FN5. The molecular weight excluding hydrogens is 257 g/mol. The normalized spacial score (nSPS) is 18.9. The summed E-state index contributed by atoms with van der Waals surface area (Å²) in [6, 6.07) is 0. The van der Waals surface area contributed by atoms with E-state index in [1.54, 1.807) is 6.92 Å². The van der Waals surface area contributed by atoms with E-state index >= 15 is 0 Å². The van der Waals surface area contributed by atoms with E-state index in [4.69, 9.17) is 5.73 Å². The minimum absolute atomic E-state index is 0.295. The molecule has 1 unspecified atom stereocenters. The molecule has 112 valence electrons. The molecule has 1 aliphatic rings. The molecule has 1 aliphatic heterocycles. The van der Waals surface area contributed by atoms with E-state index in [-0.39, 0.29) is 5.82 Å². The maximum atomic E-state index is 14.1. The first-order valence-electron chi connectivity index (χ1n) is 7.26. The fourth-order valence-corrected chi connectivity index (χ4v) is 2.55. The summed E-state index contributed by atoms with van der Waals surface area (Å²) in [7, 11) is 0. The molecule has 20 heavy (non-hydrogen) atoms. The van der Waals surface area contributed by atoms with Crippen molar-refractivity contribution < 1.29 is 4.39 Å². The van der Waals surface area contributed by atoms with Crippen LogP contribution >= 0.6 is 0 Å². The quantitative estimate of drug-likeness (QED) is 0.893. The lowest BCUT2D eigenvalue weighted by Crippen LogP contribution is -2.35. The first-order valence-corrected chi connectivity index (χ1v) is 7.26. The van der Waals surface area contributed by atoms with Crippen LogP contribution < -0.4 is 10.6 Å². The van der Waals surface area contributed by atoms with Gasteiger partial charge in [-0.1, -0.05) is 6.92 Å². The molecule has 0 radical (unpaired) electrons. The number of aromatic nitrogens is 2. The second-order valence-corrected chi connectivity index (χ2v) is 5.58. The Balaban J connectivity index is 2.00. The van der Waals surface area contributed by atoms with E-state index in [9.17, 15) is 4.39 Å². The number of hydrogen-bond donors (Lipinski definition) is 1. The van der Waals surface area contributed by atoms with Crippen LogP contribution in [0.2, 0.25) is 0 Å². The van der Waals surface area contributed by atoms with Crippen LogP contribution in [0.3, 0.4) is 0 Å². The van der Waals surface area contributed by atoms with E-state index in [1.165, 1.54) is 6.33 Å². The van der Waals surface area contributed by atoms with Gasteiger partial charge in [0.25, 0.3) is 0 Å². The van der Waals surface area contributed by atoms with Crippen LogP contribution in [0.1, 0.15) is 19.0 Å². The van der Waals surface area contributed by atoms with Gasteiger partial charge in [-0.05, 0) is 32.4 Å². The molecule has 2 N–H and O–H groups in total. The molecule has 0 spiro atoms. The zero-order valence-corrected chi connectivity index (χ0v) is 12.3. The standard InChI is InChI=1S/C14H24FN5/c1-11(8-16)9-19-4-3-5-20(7-6-19)14-13(15)12(2)17-10-18-14/h10-11H,3-9,16H2,1-2H3. The summed E-state index contributed by atoms with van der Waals surface area (Å²) < 4.78 is 14.1. The summed E-state index contributed by atoms with van der Waals surface area (Å²) in [5, 5.41) is 0. The molecule has 0 amide bonds. The predicted molar refractivity (Wildman–Crippen MR) is 78.2 cm³/mol. The SMILES string of the molecule is Cc1ncnc(N2CCCN(CC(C)CN)CC2)c1F. The van der Waals surface area contributed by atoms with Gasteiger partial charge in [0.05, 0.1) is 5.69 Å². The van der Waals surface area contributed by atoms with Crippen molar-refractivity contribution in [1.29, 1.82) is 0 Å². The monoisotopic (exact) mass is 281 g/mol. The molecule has 0 bridgehead atoms. The number of halogens is 1. The second-order valence-electron chi connectivity index (χ2n) is 5.58. The summed E-state index contributed by atoms with van der Waals surface area (Å²) >= 11 is 0. The Bertz CT molecular complexity index is 440. The summed E-state index contributed by atoms with van der Waals surface area (Å²) in [5.41, 5.74) is 6.09. The molecule has 0 saturated carbocycles. The fraction of sp³-hybridized carbons (Fsp3) is 0.714. The number of anilines is 1. The Hall–Kier alpha value is -1.27. The van der Waals surface area contributed by atoms with Crippen LogP contribution in [0.15, 0.2) is 6.33 Å². The molecule has 2 heterocycles. The van der Waals surface area contributed by atoms with E-state index in [1.807, 2.05) is 4.90 Å². The third-order valence-electron chi connectivity index (χ3n) is 3.81. The van der Waals surface area contributed by atoms with E-state index in [0.717, 1.165) is 39.1 Å². The molecule has 2 rings (SSSR count). The molecule has 0 aliphatic carbocycles. The molecule has 1 aromatic heterocycles. The highest BCUT2D eigenvalue weighted by Crippen LogP contribution is 2.19. The lowest BCUT2D eigenvalue weighted by atomic mass is 10.1. The van der Waals surface area contributed by atoms with Gasteiger partial charge in [0, 0.05) is 26.2 Å². The van der Waals surface area contributed by atoms with Gasteiger partial charge >= 0.3 is 0 Å². The van der Waals surface area contributed by atoms with E-state index in [2.05, 4.69) is 21.8 Å². The fourth-order valence-electron chi connectivity index (χ4n) is 2.55. The van der Waals surface area contributed by atoms with Gasteiger partial charge in [-0.2, -0.15) is 0 Å². The van der Waals surface area contributed by atoms with Gasteiger partial charge in [0.1, 0.15) is 6.33 Å². The Morgan fingerprint density at radius 3 is 2.85 bits per heavy atom. The van der Waals surface area contributed by atoms with Crippen molar-refractivity contribution in [2.75, 3.05) is 44.2 Å². The average molecular weight is 281 g/mol. The number of rotatable bonds is 4. The van der Waals surface area contributed by atoms with Gasteiger partial charge in [0.15, 0.2) is 11.6 Å². The molecule has 1 atom stereocenters. The summed E-state index contributed by atoms with van der Waals surface area (Å²) in [6.07, 6.45) is 2.45. The van der Waals surface area contributed by atoms with Crippen molar-refractivity contribution in [2.24, 2.45) is 11.7 Å². The summed E-state index contributed by atoms with van der Waals surface area (Å²) in [4.78, 5) is 12.4. The van der Waals surface area contributed by atoms with Crippen molar-refractivity contribution in [2.45, 2.75) is 20.3 Å². The number of hydrogen-bond acceptors (Lipinski definition) is 5. The first kappa shape index (κ1) is 15.1. The summed E-state index contributed by atoms with van der Waals surface area (Å²) in [6.45, 7) is 9.14. The molecule has 1 fully saturated rings. The van der Waals surface area contributed by atoms with Gasteiger partial charge < -0.3 is 15.5 Å². The van der Waals surface area contributed by atoms with Gasteiger partial charge in [-0.3, -0.25) is 0 Å². The Morgan fingerprint density at radius 1 is 1.30 bits per heavy atom. The van der Waals surface area contributed by atoms with Crippen molar-refractivity contribution in [3.05, 3.63) is 17.8 Å². The topological polar surface area (TPSA) is 58.3 Å². The molecule has 1 saturated heterocycles. The Kier molecular flexibility index (Phi) is 5.25. The van der Waals surface area contributed by atoms with Crippen molar-refractivity contribution in [3.8, 4) is 0 Å². The van der Waals surface area contributed by atoms with E-state index < -0.39 is 0 Å². The summed E-state index contributed by atoms with van der Waals surface area (Å²) in [5.74, 6) is 0.641. The smallest absolute Gasteiger partial charge is 0.186 e. The highest BCUT2D eigenvalue weighted by Gasteiger charge is 2.20. The van der Waals surface area contributed by atoms with Crippen LogP contribution in [0.5, 0.6) is 0 Å². The van der Waals surface area contributed by atoms with Gasteiger partial charge in [-0.25, -0.2) is 14.4 Å². The third kappa shape index (κ3) is 3.64. The Labute approximate surface area is 120 Å². The van der Waals surface area contributed by atoms with Crippen molar-refractivity contribution >= 4 is 5.82 Å². The van der Waals surface area contributed by atoms with Crippen LogP contribution in [-0.4, -0.2) is 54.1 Å². The molecule has 6 heteroatoms. The average Bonchev–Trinajstić information content (AvgIpc) is 2.67. The van der Waals surface area contributed by atoms with Crippen LogP contribution in [-0.2, 0) is 0 Å². The molecule has 5 nitrogen and oxygen atoms in total. The number of nitrogens with zero attached hydrogens (tertiary/aromatic N) is 4. The van der Waals surface area contributed by atoms with Crippen LogP contribution in [0.25, 0.3) is 0 Å². The highest BCUT2D eigenvalue weighted by atomic mass is 19.1. The van der Waals surface area contributed by atoms with E-state index in [0.29, 0.717) is 24.0 Å². The number of aryl methyl sites for hydroxylation is 1. The van der Waals surface area contributed by atoms with Crippen molar-refractivity contribution in [1.82, 2.24) is 14.9 Å². The molecule has 0 aromatic carbocycles. The maximum absolute atomic E-state index is 14.1. The van der Waals surface area contributed by atoms with Crippen LogP contribution in [0, 0.1) is 18.7 Å². The Morgan fingerprint density at radius 2 is 2.10 bits per heavy atom. The molecule has 1 aromatic rings. The first-order chi connectivity index (χ1) is 9.61.